The van der Waals surface area contributed by atoms with E-state index in [0.717, 1.165) is 17.9 Å². The van der Waals surface area contributed by atoms with Crippen molar-refractivity contribution in [3.63, 3.8) is 0 Å². The summed E-state index contributed by atoms with van der Waals surface area (Å²) in [5, 5.41) is 9.20. The third-order valence-corrected chi connectivity index (χ3v) is 4.45. The summed E-state index contributed by atoms with van der Waals surface area (Å²) in [4.78, 5) is 0. The lowest BCUT2D eigenvalue weighted by Crippen LogP contribution is -2.03. The van der Waals surface area contributed by atoms with Crippen molar-refractivity contribution in [2.45, 2.75) is 47.0 Å². The van der Waals surface area contributed by atoms with Gasteiger partial charge in [-0.2, -0.15) is 0 Å². The van der Waals surface area contributed by atoms with Crippen LogP contribution in [0.15, 0.2) is 42.7 Å². The van der Waals surface area contributed by atoms with Crippen molar-refractivity contribution in [1.29, 1.82) is 0 Å². The van der Waals surface area contributed by atoms with Crippen molar-refractivity contribution in [1.82, 2.24) is 0 Å². The molecule has 0 spiro atoms. The monoisotopic (exact) mass is 354 g/mol. The van der Waals surface area contributed by atoms with Crippen LogP contribution < -0.4 is 9.47 Å². The van der Waals surface area contributed by atoms with E-state index in [1.165, 1.54) is 27.8 Å². The van der Waals surface area contributed by atoms with Gasteiger partial charge in [0.05, 0.1) is 6.61 Å². The van der Waals surface area contributed by atoms with Crippen LogP contribution in [-0.2, 0) is 6.42 Å². The van der Waals surface area contributed by atoms with E-state index >= 15 is 0 Å². The lowest BCUT2D eigenvalue weighted by atomic mass is 9.93. The molecule has 0 aliphatic carbocycles. The smallest absolute Gasteiger partial charge is 0.144 e. The molecule has 26 heavy (non-hydrogen) atoms. The van der Waals surface area contributed by atoms with Crippen molar-refractivity contribution in [3.05, 3.63) is 70.5 Å². The molecule has 0 fully saturated rings. The van der Waals surface area contributed by atoms with Crippen LogP contribution in [0.4, 0.5) is 0 Å². The Kier molecular flexibility index (Phi) is 6.73. The molecular weight excluding hydrogens is 324 g/mol. The maximum absolute atomic E-state index is 9.20. The van der Waals surface area contributed by atoms with E-state index in [1.807, 2.05) is 19.1 Å². The molecule has 2 aromatic carbocycles. The van der Waals surface area contributed by atoms with Crippen LogP contribution in [-0.4, -0.2) is 18.3 Å². The summed E-state index contributed by atoms with van der Waals surface area (Å²) in [5.74, 6) is 2.18. The maximum atomic E-state index is 9.20. The predicted molar refractivity (Wildman–Crippen MR) is 108 cm³/mol. The van der Waals surface area contributed by atoms with E-state index in [-0.39, 0.29) is 12.4 Å². The van der Waals surface area contributed by atoms with Crippen molar-refractivity contribution in [2.24, 2.45) is 0 Å². The topological polar surface area (TPSA) is 38.7 Å². The molecule has 0 bridgehead atoms. The molecule has 0 aromatic heterocycles. The van der Waals surface area contributed by atoms with Gasteiger partial charge in [0, 0.05) is 0 Å². The van der Waals surface area contributed by atoms with Crippen molar-refractivity contribution in [3.8, 4) is 11.5 Å². The molecule has 2 rings (SSSR count). The molecule has 3 nitrogen and oxygen atoms in total. The highest BCUT2D eigenvalue weighted by atomic mass is 16.5. The van der Waals surface area contributed by atoms with E-state index in [0.29, 0.717) is 12.5 Å². The first-order valence-electron chi connectivity index (χ1n) is 9.17. The lowest BCUT2D eigenvalue weighted by Gasteiger charge is -2.17. The summed E-state index contributed by atoms with van der Waals surface area (Å²) < 4.78 is 11.3. The maximum Gasteiger partial charge on any atom is 0.144 e. The highest BCUT2D eigenvalue weighted by Crippen LogP contribution is 2.30. The number of aryl methyl sites for hydroxylation is 2. The molecule has 140 valence electrons. The zero-order valence-corrected chi connectivity index (χ0v) is 16.6. The second kappa shape index (κ2) is 8.79. The fourth-order valence-electron chi connectivity index (χ4n) is 3.13. The minimum atomic E-state index is 0.0278. The number of rotatable bonds is 8. The summed E-state index contributed by atoms with van der Waals surface area (Å²) in [5.41, 5.74) is 6.20. The van der Waals surface area contributed by atoms with E-state index in [9.17, 15) is 5.11 Å². The Bertz CT molecular complexity index is 752. The van der Waals surface area contributed by atoms with Crippen LogP contribution >= 0.6 is 0 Å². The zero-order valence-electron chi connectivity index (χ0n) is 16.6. The second-order valence-corrected chi connectivity index (χ2v) is 7.03. The first-order chi connectivity index (χ1) is 12.3. The number of benzene rings is 2. The number of ether oxygens (including phenoxy) is 2. The third kappa shape index (κ3) is 5.04. The van der Waals surface area contributed by atoms with Gasteiger partial charge < -0.3 is 14.6 Å². The number of hydrogen-bond acceptors (Lipinski definition) is 3. The highest BCUT2D eigenvalue weighted by molar-refractivity contribution is 5.46. The van der Waals surface area contributed by atoms with Gasteiger partial charge in [0.2, 0.25) is 0 Å². The summed E-state index contributed by atoms with van der Waals surface area (Å²) >= 11 is 0. The SMILES string of the molecule is C=C(O)COc1cc(C)c(Cc2ccc(OCC)c(C(C)C)c2)c(C)c1. The average Bonchev–Trinajstić information content (AvgIpc) is 2.57. The molecule has 0 amide bonds. The first kappa shape index (κ1) is 19.9. The number of aliphatic hydroxyl groups is 1. The van der Waals surface area contributed by atoms with Gasteiger partial charge in [0.25, 0.3) is 0 Å². The quantitative estimate of drug-likeness (QED) is 0.603. The van der Waals surface area contributed by atoms with Gasteiger partial charge in [0.15, 0.2) is 0 Å². The molecular formula is C23H30O3. The van der Waals surface area contributed by atoms with Crippen molar-refractivity contribution >= 4 is 0 Å². The Morgan fingerprint density at radius 1 is 1.08 bits per heavy atom. The Labute approximate surface area is 157 Å². The minimum Gasteiger partial charge on any atom is -0.509 e. The van der Waals surface area contributed by atoms with E-state index in [1.54, 1.807) is 0 Å². The summed E-state index contributed by atoms with van der Waals surface area (Å²) in [6.45, 7) is 14.8. The third-order valence-electron chi connectivity index (χ3n) is 4.45. The summed E-state index contributed by atoms with van der Waals surface area (Å²) in [6.07, 6.45) is 0.872. The van der Waals surface area contributed by atoms with Crippen LogP contribution in [0.5, 0.6) is 11.5 Å². The summed E-state index contributed by atoms with van der Waals surface area (Å²) in [7, 11) is 0. The Morgan fingerprint density at radius 3 is 2.27 bits per heavy atom. The van der Waals surface area contributed by atoms with E-state index in [2.05, 4.69) is 52.5 Å². The summed E-state index contributed by atoms with van der Waals surface area (Å²) in [6, 6.07) is 10.5. The lowest BCUT2D eigenvalue weighted by molar-refractivity contribution is 0.272. The van der Waals surface area contributed by atoms with Gasteiger partial charge in [-0.25, -0.2) is 0 Å². The zero-order chi connectivity index (χ0) is 19.3. The number of aliphatic hydroxyl groups excluding tert-OH is 1. The van der Waals surface area contributed by atoms with Gasteiger partial charge in [-0.1, -0.05) is 32.6 Å². The molecule has 2 aromatic rings. The molecule has 0 aliphatic heterocycles. The molecule has 3 heteroatoms. The number of hydrogen-bond donors (Lipinski definition) is 1. The van der Waals surface area contributed by atoms with E-state index < -0.39 is 0 Å². The average molecular weight is 354 g/mol. The second-order valence-electron chi connectivity index (χ2n) is 7.03. The Morgan fingerprint density at radius 2 is 1.73 bits per heavy atom. The van der Waals surface area contributed by atoms with Gasteiger partial charge >= 0.3 is 0 Å². The normalized spacial score (nSPS) is 10.8. The van der Waals surface area contributed by atoms with Crippen molar-refractivity contribution < 1.29 is 14.6 Å². The molecule has 0 unspecified atom stereocenters. The van der Waals surface area contributed by atoms with Gasteiger partial charge in [-0.3, -0.25) is 0 Å². The first-order valence-corrected chi connectivity index (χ1v) is 9.17. The van der Waals surface area contributed by atoms with Gasteiger partial charge in [0.1, 0.15) is 23.9 Å². The minimum absolute atomic E-state index is 0.0278. The molecule has 0 heterocycles. The van der Waals surface area contributed by atoms with Crippen LogP contribution in [0, 0.1) is 13.8 Å². The fraction of sp³-hybridized carbons (Fsp3) is 0.391. The van der Waals surface area contributed by atoms with Gasteiger partial charge in [-0.05, 0) is 79.1 Å². The van der Waals surface area contributed by atoms with Crippen LogP contribution in [0.2, 0.25) is 0 Å². The van der Waals surface area contributed by atoms with Crippen LogP contribution in [0.3, 0.4) is 0 Å². The Balaban J connectivity index is 2.27. The molecule has 0 aliphatic rings. The van der Waals surface area contributed by atoms with Gasteiger partial charge in [-0.15, -0.1) is 0 Å². The van der Waals surface area contributed by atoms with Crippen molar-refractivity contribution in [2.75, 3.05) is 13.2 Å². The van der Waals surface area contributed by atoms with E-state index in [4.69, 9.17) is 9.47 Å². The molecule has 1 N–H and O–H groups in total. The molecule has 0 saturated carbocycles. The Hall–Kier alpha value is -2.42. The van der Waals surface area contributed by atoms with Crippen LogP contribution in [0.25, 0.3) is 0 Å². The standard InChI is InChI=1S/C23H30O3/c1-7-25-23-9-8-19(12-21(23)15(2)3)13-22-16(4)10-20(11-17(22)5)26-14-18(6)24/h8-12,15,24H,6-7,13-14H2,1-5H3. The largest absolute Gasteiger partial charge is 0.509 e. The molecule has 0 radical (unpaired) electrons. The fourth-order valence-corrected chi connectivity index (χ4v) is 3.13. The van der Waals surface area contributed by atoms with Crippen LogP contribution in [0.1, 0.15) is 54.5 Å². The highest BCUT2D eigenvalue weighted by Gasteiger charge is 2.12. The predicted octanol–water partition coefficient (Wildman–Crippen LogP) is 5.87. The molecule has 0 saturated heterocycles. The molecule has 0 atom stereocenters.